The van der Waals surface area contributed by atoms with Crippen LogP contribution in [0, 0.1) is 5.82 Å². The van der Waals surface area contributed by atoms with E-state index >= 15 is 0 Å². The molecule has 0 radical (unpaired) electrons. The molecule has 18 heavy (non-hydrogen) atoms. The van der Waals surface area contributed by atoms with Crippen LogP contribution >= 0.6 is 15.9 Å². The highest BCUT2D eigenvalue weighted by molar-refractivity contribution is 9.10. The van der Waals surface area contributed by atoms with Gasteiger partial charge in [0.15, 0.2) is 0 Å². The van der Waals surface area contributed by atoms with Crippen molar-refractivity contribution in [2.75, 3.05) is 13.1 Å². The molecule has 0 fully saturated rings. The molecule has 0 amide bonds. The minimum Gasteiger partial charge on any atom is -0.389 e. The Morgan fingerprint density at radius 3 is 2.39 bits per heavy atom. The standard InChI is InChI=1S/C14H21BrFNO/c1-13(2,8-17-9-14(3,4)18)11-7-10(15)5-6-12(11)16/h5-7,17-18H,8-9H2,1-4H3. The second kappa shape index (κ2) is 5.68. The summed E-state index contributed by atoms with van der Waals surface area (Å²) in [6.07, 6.45) is 0. The van der Waals surface area contributed by atoms with Crippen LogP contribution in [0.4, 0.5) is 4.39 Å². The van der Waals surface area contributed by atoms with Crippen LogP contribution in [-0.4, -0.2) is 23.8 Å². The van der Waals surface area contributed by atoms with Crippen molar-refractivity contribution in [3.63, 3.8) is 0 Å². The van der Waals surface area contributed by atoms with Crippen LogP contribution in [0.25, 0.3) is 0 Å². The molecular formula is C14H21BrFNO. The number of aliphatic hydroxyl groups is 1. The smallest absolute Gasteiger partial charge is 0.127 e. The zero-order valence-electron chi connectivity index (χ0n) is 11.3. The fraction of sp³-hybridized carbons (Fsp3) is 0.571. The van der Waals surface area contributed by atoms with Gasteiger partial charge in [0, 0.05) is 23.0 Å². The molecule has 1 rings (SSSR count). The topological polar surface area (TPSA) is 32.3 Å². The largest absolute Gasteiger partial charge is 0.389 e. The SMILES string of the molecule is CC(C)(O)CNCC(C)(C)c1cc(Br)ccc1F. The van der Waals surface area contributed by atoms with E-state index in [2.05, 4.69) is 21.2 Å². The van der Waals surface area contributed by atoms with E-state index in [0.29, 0.717) is 18.7 Å². The van der Waals surface area contributed by atoms with Crippen LogP contribution in [0.15, 0.2) is 22.7 Å². The van der Waals surface area contributed by atoms with Gasteiger partial charge in [-0.25, -0.2) is 4.39 Å². The van der Waals surface area contributed by atoms with E-state index in [-0.39, 0.29) is 11.2 Å². The molecule has 0 saturated heterocycles. The van der Waals surface area contributed by atoms with Crippen molar-refractivity contribution in [1.29, 1.82) is 0 Å². The molecule has 1 aromatic rings. The molecule has 102 valence electrons. The minimum absolute atomic E-state index is 0.201. The predicted molar refractivity (Wildman–Crippen MR) is 76.3 cm³/mol. The van der Waals surface area contributed by atoms with Crippen molar-refractivity contribution < 1.29 is 9.50 Å². The summed E-state index contributed by atoms with van der Waals surface area (Å²) >= 11 is 3.36. The Bertz CT molecular complexity index is 413. The highest BCUT2D eigenvalue weighted by Gasteiger charge is 2.25. The summed E-state index contributed by atoms with van der Waals surface area (Å²) in [6.45, 7) is 8.53. The molecule has 0 aliphatic heterocycles. The third kappa shape index (κ3) is 4.67. The fourth-order valence-corrected chi connectivity index (χ4v) is 2.15. The number of nitrogens with one attached hydrogen (secondary N) is 1. The van der Waals surface area contributed by atoms with Gasteiger partial charge in [-0.05, 0) is 37.6 Å². The van der Waals surface area contributed by atoms with Crippen LogP contribution in [0.5, 0.6) is 0 Å². The Morgan fingerprint density at radius 2 is 1.83 bits per heavy atom. The normalized spacial score (nSPS) is 12.8. The van der Waals surface area contributed by atoms with Crippen LogP contribution in [0.1, 0.15) is 33.3 Å². The molecule has 0 aliphatic carbocycles. The molecular weight excluding hydrogens is 297 g/mol. The number of benzene rings is 1. The number of hydrogen-bond donors (Lipinski definition) is 2. The van der Waals surface area contributed by atoms with Crippen LogP contribution in [0.2, 0.25) is 0 Å². The number of hydrogen-bond acceptors (Lipinski definition) is 2. The van der Waals surface area contributed by atoms with Crippen molar-refractivity contribution in [1.82, 2.24) is 5.32 Å². The number of rotatable bonds is 5. The van der Waals surface area contributed by atoms with Gasteiger partial charge in [-0.15, -0.1) is 0 Å². The molecule has 0 saturated carbocycles. The average Bonchev–Trinajstić information content (AvgIpc) is 2.19. The van der Waals surface area contributed by atoms with E-state index in [1.165, 1.54) is 6.07 Å². The van der Waals surface area contributed by atoms with Crippen LogP contribution in [0.3, 0.4) is 0 Å². The highest BCUT2D eigenvalue weighted by atomic mass is 79.9. The van der Waals surface area contributed by atoms with Crippen LogP contribution < -0.4 is 5.32 Å². The van der Waals surface area contributed by atoms with Gasteiger partial charge in [-0.1, -0.05) is 29.8 Å². The third-order valence-electron chi connectivity index (χ3n) is 2.78. The summed E-state index contributed by atoms with van der Waals surface area (Å²) in [5.74, 6) is -0.201. The van der Waals surface area contributed by atoms with Gasteiger partial charge in [-0.3, -0.25) is 0 Å². The Labute approximate surface area is 117 Å². The maximum absolute atomic E-state index is 13.8. The van der Waals surface area contributed by atoms with Crippen molar-refractivity contribution in [2.24, 2.45) is 0 Å². The minimum atomic E-state index is -0.758. The van der Waals surface area contributed by atoms with E-state index in [1.807, 2.05) is 13.8 Å². The molecule has 0 spiro atoms. The van der Waals surface area contributed by atoms with E-state index in [0.717, 1.165) is 4.47 Å². The van der Waals surface area contributed by atoms with E-state index < -0.39 is 5.60 Å². The lowest BCUT2D eigenvalue weighted by atomic mass is 9.84. The quantitative estimate of drug-likeness (QED) is 0.874. The zero-order valence-corrected chi connectivity index (χ0v) is 12.9. The fourth-order valence-electron chi connectivity index (χ4n) is 1.79. The van der Waals surface area contributed by atoms with Gasteiger partial charge >= 0.3 is 0 Å². The number of halogens is 2. The lowest BCUT2D eigenvalue weighted by Crippen LogP contribution is -2.41. The highest BCUT2D eigenvalue weighted by Crippen LogP contribution is 2.28. The molecule has 0 bridgehead atoms. The molecule has 0 aromatic heterocycles. The first-order valence-electron chi connectivity index (χ1n) is 6.00. The van der Waals surface area contributed by atoms with Crippen molar-refractivity contribution >= 4 is 15.9 Å². The summed E-state index contributed by atoms with van der Waals surface area (Å²) in [5.41, 5.74) is -0.425. The maximum Gasteiger partial charge on any atom is 0.127 e. The van der Waals surface area contributed by atoms with Crippen molar-refractivity contribution in [3.8, 4) is 0 Å². The molecule has 2 N–H and O–H groups in total. The first kappa shape index (κ1) is 15.6. The van der Waals surface area contributed by atoms with Crippen LogP contribution in [-0.2, 0) is 5.41 Å². The second-order valence-electron chi connectivity index (χ2n) is 5.92. The Morgan fingerprint density at radius 1 is 1.22 bits per heavy atom. The van der Waals surface area contributed by atoms with Gasteiger partial charge in [0.1, 0.15) is 5.82 Å². The Kier molecular flexibility index (Phi) is 4.92. The summed E-state index contributed by atoms with van der Waals surface area (Å²) in [7, 11) is 0. The predicted octanol–water partition coefficient (Wildman–Crippen LogP) is 3.23. The van der Waals surface area contributed by atoms with Gasteiger partial charge in [-0.2, -0.15) is 0 Å². The zero-order chi connectivity index (χ0) is 14.0. The molecule has 0 unspecified atom stereocenters. The van der Waals surface area contributed by atoms with Gasteiger partial charge in [0.05, 0.1) is 5.60 Å². The molecule has 0 atom stereocenters. The summed E-state index contributed by atoms with van der Waals surface area (Å²) in [4.78, 5) is 0. The van der Waals surface area contributed by atoms with Crippen molar-refractivity contribution in [2.45, 2.75) is 38.7 Å². The van der Waals surface area contributed by atoms with E-state index in [4.69, 9.17) is 0 Å². The second-order valence-corrected chi connectivity index (χ2v) is 6.84. The van der Waals surface area contributed by atoms with Gasteiger partial charge in [0.25, 0.3) is 0 Å². The van der Waals surface area contributed by atoms with E-state index in [1.54, 1.807) is 26.0 Å². The molecule has 4 heteroatoms. The first-order chi connectivity index (χ1) is 8.12. The summed E-state index contributed by atoms with van der Waals surface area (Å²) in [5, 5.41) is 12.8. The van der Waals surface area contributed by atoms with Crippen molar-refractivity contribution in [3.05, 3.63) is 34.1 Å². The third-order valence-corrected chi connectivity index (χ3v) is 3.28. The molecule has 0 aliphatic rings. The summed E-state index contributed by atoms with van der Waals surface area (Å²) < 4.78 is 14.7. The lowest BCUT2D eigenvalue weighted by Gasteiger charge is -2.28. The maximum atomic E-state index is 13.8. The monoisotopic (exact) mass is 317 g/mol. The Balaban J connectivity index is 2.76. The molecule has 0 heterocycles. The summed E-state index contributed by atoms with van der Waals surface area (Å²) in [6, 6.07) is 4.97. The van der Waals surface area contributed by atoms with Gasteiger partial charge < -0.3 is 10.4 Å². The average molecular weight is 318 g/mol. The molecule has 2 nitrogen and oxygen atoms in total. The molecule has 1 aromatic carbocycles. The van der Waals surface area contributed by atoms with E-state index in [9.17, 15) is 9.50 Å². The lowest BCUT2D eigenvalue weighted by molar-refractivity contribution is 0.0785. The Hall–Kier alpha value is -0.450. The van der Waals surface area contributed by atoms with Gasteiger partial charge in [0.2, 0.25) is 0 Å². The first-order valence-corrected chi connectivity index (χ1v) is 6.80.